The molecule has 0 aliphatic heterocycles. The van der Waals surface area contributed by atoms with Crippen molar-refractivity contribution in [1.82, 2.24) is 0 Å². The average Bonchev–Trinajstić information content (AvgIpc) is 2.51. The Hall–Kier alpha value is -2.49. The Morgan fingerprint density at radius 2 is 1.64 bits per heavy atom. The SMILES string of the molecule is CCOc1ccc(C[C@@H](Oc2ccc(C)cc2)C(=O)O)cc1. The van der Waals surface area contributed by atoms with E-state index in [2.05, 4.69) is 0 Å². The van der Waals surface area contributed by atoms with Crippen molar-refractivity contribution in [2.75, 3.05) is 6.61 Å². The molecule has 0 fully saturated rings. The predicted molar refractivity (Wildman–Crippen MR) is 84.5 cm³/mol. The van der Waals surface area contributed by atoms with E-state index in [1.807, 2.05) is 50.2 Å². The molecule has 0 spiro atoms. The number of hydrogen-bond donors (Lipinski definition) is 1. The van der Waals surface area contributed by atoms with Crippen LogP contribution in [0.15, 0.2) is 48.5 Å². The molecule has 4 heteroatoms. The van der Waals surface area contributed by atoms with Crippen LogP contribution in [0.3, 0.4) is 0 Å². The molecule has 0 bridgehead atoms. The number of carboxylic acid groups (broad SMARTS) is 1. The molecular weight excluding hydrogens is 280 g/mol. The first kappa shape index (κ1) is 15.9. The number of aliphatic carboxylic acids is 1. The number of hydrogen-bond acceptors (Lipinski definition) is 3. The van der Waals surface area contributed by atoms with Gasteiger partial charge in [-0.15, -0.1) is 0 Å². The lowest BCUT2D eigenvalue weighted by molar-refractivity contribution is -0.145. The molecule has 1 atom stereocenters. The van der Waals surface area contributed by atoms with Crippen LogP contribution < -0.4 is 9.47 Å². The van der Waals surface area contributed by atoms with E-state index in [1.165, 1.54) is 0 Å². The minimum atomic E-state index is -0.977. The Morgan fingerprint density at radius 1 is 1.05 bits per heavy atom. The van der Waals surface area contributed by atoms with Gasteiger partial charge in [0.25, 0.3) is 0 Å². The molecule has 0 aliphatic rings. The first-order valence-electron chi connectivity index (χ1n) is 7.26. The van der Waals surface area contributed by atoms with Gasteiger partial charge in [0.15, 0.2) is 6.10 Å². The Morgan fingerprint density at radius 3 is 2.18 bits per heavy atom. The van der Waals surface area contributed by atoms with Crippen molar-refractivity contribution in [1.29, 1.82) is 0 Å². The quantitative estimate of drug-likeness (QED) is 0.850. The number of aryl methyl sites for hydroxylation is 1. The molecule has 2 rings (SSSR count). The summed E-state index contributed by atoms with van der Waals surface area (Å²) in [6.45, 7) is 4.50. The van der Waals surface area contributed by atoms with Crippen molar-refractivity contribution in [2.45, 2.75) is 26.4 Å². The van der Waals surface area contributed by atoms with Gasteiger partial charge in [-0.25, -0.2) is 4.79 Å². The van der Waals surface area contributed by atoms with Crippen LogP contribution in [-0.4, -0.2) is 23.8 Å². The second kappa shape index (κ2) is 7.50. The van der Waals surface area contributed by atoms with Gasteiger partial charge in [-0.1, -0.05) is 29.8 Å². The van der Waals surface area contributed by atoms with Gasteiger partial charge in [0.1, 0.15) is 11.5 Å². The third-order valence-electron chi connectivity index (χ3n) is 3.23. The second-order valence-electron chi connectivity index (χ2n) is 5.04. The van der Waals surface area contributed by atoms with E-state index in [0.717, 1.165) is 16.9 Å². The topological polar surface area (TPSA) is 55.8 Å². The lowest BCUT2D eigenvalue weighted by Crippen LogP contribution is -2.29. The van der Waals surface area contributed by atoms with E-state index in [1.54, 1.807) is 12.1 Å². The van der Waals surface area contributed by atoms with Crippen LogP contribution in [0.2, 0.25) is 0 Å². The fraction of sp³-hybridized carbons (Fsp3) is 0.278. The molecule has 0 radical (unpaired) electrons. The minimum Gasteiger partial charge on any atom is -0.494 e. The Labute approximate surface area is 130 Å². The molecule has 116 valence electrons. The van der Waals surface area contributed by atoms with E-state index in [9.17, 15) is 9.90 Å². The third-order valence-corrected chi connectivity index (χ3v) is 3.23. The standard InChI is InChI=1S/C18H20O4/c1-3-21-15-10-6-14(7-11-15)12-17(18(19)20)22-16-8-4-13(2)5-9-16/h4-11,17H,3,12H2,1-2H3,(H,19,20)/t17-/m1/s1. The van der Waals surface area contributed by atoms with E-state index < -0.39 is 12.1 Å². The van der Waals surface area contributed by atoms with Gasteiger partial charge in [-0.2, -0.15) is 0 Å². The first-order valence-corrected chi connectivity index (χ1v) is 7.26. The van der Waals surface area contributed by atoms with Gasteiger partial charge in [0.05, 0.1) is 6.61 Å². The largest absolute Gasteiger partial charge is 0.494 e. The predicted octanol–water partition coefficient (Wildman–Crippen LogP) is 3.47. The zero-order chi connectivity index (χ0) is 15.9. The molecule has 0 unspecified atom stereocenters. The van der Waals surface area contributed by atoms with Crippen LogP contribution >= 0.6 is 0 Å². The summed E-state index contributed by atoms with van der Waals surface area (Å²) >= 11 is 0. The summed E-state index contributed by atoms with van der Waals surface area (Å²) in [5.41, 5.74) is 1.99. The number of carbonyl (C=O) groups is 1. The normalized spacial score (nSPS) is 11.7. The van der Waals surface area contributed by atoms with E-state index >= 15 is 0 Å². The molecule has 0 saturated heterocycles. The average molecular weight is 300 g/mol. The van der Waals surface area contributed by atoms with Crippen LogP contribution in [0.5, 0.6) is 11.5 Å². The maximum absolute atomic E-state index is 11.4. The summed E-state index contributed by atoms with van der Waals surface area (Å²) in [4.78, 5) is 11.4. The van der Waals surface area contributed by atoms with Crippen molar-refractivity contribution in [3.63, 3.8) is 0 Å². The highest BCUT2D eigenvalue weighted by molar-refractivity contribution is 5.73. The summed E-state index contributed by atoms with van der Waals surface area (Å²) in [5, 5.41) is 9.34. The van der Waals surface area contributed by atoms with Crippen LogP contribution in [-0.2, 0) is 11.2 Å². The van der Waals surface area contributed by atoms with Crippen LogP contribution in [0.1, 0.15) is 18.1 Å². The van der Waals surface area contributed by atoms with Gasteiger partial charge in [-0.05, 0) is 43.7 Å². The molecular formula is C18H20O4. The number of ether oxygens (including phenoxy) is 2. The highest BCUT2D eigenvalue weighted by Crippen LogP contribution is 2.18. The van der Waals surface area contributed by atoms with Crippen molar-refractivity contribution < 1.29 is 19.4 Å². The molecule has 2 aromatic rings. The maximum Gasteiger partial charge on any atom is 0.345 e. The monoisotopic (exact) mass is 300 g/mol. The van der Waals surface area contributed by atoms with Gasteiger partial charge >= 0.3 is 5.97 Å². The van der Waals surface area contributed by atoms with E-state index in [4.69, 9.17) is 9.47 Å². The highest BCUT2D eigenvalue weighted by Gasteiger charge is 2.20. The highest BCUT2D eigenvalue weighted by atomic mass is 16.5. The lowest BCUT2D eigenvalue weighted by atomic mass is 10.1. The molecule has 0 aromatic heterocycles. The molecule has 0 heterocycles. The number of benzene rings is 2. The Bertz CT molecular complexity index is 602. The number of rotatable bonds is 7. The summed E-state index contributed by atoms with van der Waals surface area (Å²) < 4.78 is 11.0. The van der Waals surface area contributed by atoms with Crippen molar-refractivity contribution in [3.8, 4) is 11.5 Å². The molecule has 0 amide bonds. The molecule has 22 heavy (non-hydrogen) atoms. The van der Waals surface area contributed by atoms with E-state index in [0.29, 0.717) is 18.8 Å². The van der Waals surface area contributed by atoms with E-state index in [-0.39, 0.29) is 0 Å². The zero-order valence-corrected chi connectivity index (χ0v) is 12.8. The van der Waals surface area contributed by atoms with Crippen molar-refractivity contribution in [3.05, 3.63) is 59.7 Å². The molecule has 2 aromatic carbocycles. The third kappa shape index (κ3) is 4.52. The number of carboxylic acids is 1. The van der Waals surface area contributed by atoms with Gasteiger partial charge in [-0.3, -0.25) is 0 Å². The van der Waals surface area contributed by atoms with Crippen molar-refractivity contribution in [2.24, 2.45) is 0 Å². The summed E-state index contributed by atoms with van der Waals surface area (Å²) in [7, 11) is 0. The summed E-state index contributed by atoms with van der Waals surface area (Å²) in [5.74, 6) is 0.357. The Kier molecular flexibility index (Phi) is 5.42. The van der Waals surface area contributed by atoms with Gasteiger partial charge in [0.2, 0.25) is 0 Å². The second-order valence-corrected chi connectivity index (χ2v) is 5.04. The zero-order valence-electron chi connectivity index (χ0n) is 12.8. The fourth-order valence-electron chi connectivity index (χ4n) is 2.06. The smallest absolute Gasteiger partial charge is 0.345 e. The molecule has 0 aliphatic carbocycles. The van der Waals surface area contributed by atoms with Crippen LogP contribution in [0.25, 0.3) is 0 Å². The first-order chi connectivity index (χ1) is 10.6. The lowest BCUT2D eigenvalue weighted by Gasteiger charge is -2.15. The maximum atomic E-state index is 11.4. The summed E-state index contributed by atoms with van der Waals surface area (Å²) in [6, 6.07) is 14.7. The molecule has 1 N–H and O–H groups in total. The van der Waals surface area contributed by atoms with Crippen molar-refractivity contribution >= 4 is 5.97 Å². The fourth-order valence-corrected chi connectivity index (χ4v) is 2.06. The summed E-state index contributed by atoms with van der Waals surface area (Å²) in [6.07, 6.45) is -0.615. The Balaban J connectivity index is 2.05. The van der Waals surface area contributed by atoms with Crippen LogP contribution in [0.4, 0.5) is 0 Å². The molecule has 4 nitrogen and oxygen atoms in total. The minimum absolute atomic E-state index is 0.301. The van der Waals surface area contributed by atoms with Gasteiger partial charge < -0.3 is 14.6 Å². The van der Waals surface area contributed by atoms with Crippen LogP contribution in [0, 0.1) is 6.92 Å². The van der Waals surface area contributed by atoms with Gasteiger partial charge in [0, 0.05) is 6.42 Å². The molecule has 0 saturated carbocycles.